The molecule has 0 saturated carbocycles. The summed E-state index contributed by atoms with van der Waals surface area (Å²) in [7, 11) is 1.76. The van der Waals surface area contributed by atoms with E-state index in [0.717, 1.165) is 9.75 Å². The highest BCUT2D eigenvalue weighted by Crippen LogP contribution is 2.39. The fourth-order valence-corrected chi connectivity index (χ4v) is 4.16. The van der Waals surface area contributed by atoms with Crippen LogP contribution in [-0.4, -0.2) is 28.7 Å². The third-order valence-corrected chi connectivity index (χ3v) is 5.38. The van der Waals surface area contributed by atoms with Crippen molar-refractivity contribution in [2.45, 2.75) is 19.4 Å². The zero-order valence-corrected chi connectivity index (χ0v) is 13.3. The lowest BCUT2D eigenvalue weighted by atomic mass is 9.98. The highest BCUT2D eigenvalue weighted by molar-refractivity contribution is 7.15. The minimum atomic E-state index is -0.370. The molecule has 1 aliphatic heterocycles. The van der Waals surface area contributed by atoms with E-state index in [1.807, 2.05) is 24.4 Å². The Labute approximate surface area is 130 Å². The number of amides is 2. The van der Waals surface area contributed by atoms with E-state index in [-0.39, 0.29) is 30.2 Å². The molecule has 1 aliphatic rings. The van der Waals surface area contributed by atoms with Gasteiger partial charge in [0.1, 0.15) is 0 Å². The lowest BCUT2D eigenvalue weighted by Gasteiger charge is -2.23. The SMILES string of the molecule is Cc1cnc(NC(=O)[C@H]2CC(=O)N(C)[C@@H]2c2cccs2)s1. The molecule has 5 nitrogen and oxygen atoms in total. The predicted octanol–water partition coefficient (Wildman–Crippen LogP) is 2.67. The molecule has 7 heteroatoms. The van der Waals surface area contributed by atoms with Gasteiger partial charge in [-0.15, -0.1) is 22.7 Å². The van der Waals surface area contributed by atoms with Gasteiger partial charge in [0.2, 0.25) is 11.8 Å². The van der Waals surface area contributed by atoms with Crippen molar-refractivity contribution in [3.8, 4) is 0 Å². The minimum absolute atomic E-state index is 0.00358. The summed E-state index contributed by atoms with van der Waals surface area (Å²) in [6.07, 6.45) is 1.97. The van der Waals surface area contributed by atoms with Crippen LogP contribution in [0.4, 0.5) is 5.13 Å². The normalized spacial score (nSPS) is 21.8. The van der Waals surface area contributed by atoms with E-state index in [1.54, 1.807) is 29.5 Å². The number of hydrogen-bond donors (Lipinski definition) is 1. The van der Waals surface area contributed by atoms with Crippen molar-refractivity contribution in [3.05, 3.63) is 33.5 Å². The zero-order chi connectivity index (χ0) is 15.0. The third-order valence-electron chi connectivity index (χ3n) is 3.61. The molecule has 1 fully saturated rings. The summed E-state index contributed by atoms with van der Waals surface area (Å²) in [5.74, 6) is -0.505. The number of carbonyl (C=O) groups is 2. The molecule has 3 rings (SSSR count). The maximum absolute atomic E-state index is 12.5. The summed E-state index contributed by atoms with van der Waals surface area (Å²) in [6.45, 7) is 1.94. The number of aromatic nitrogens is 1. The molecule has 0 aliphatic carbocycles. The van der Waals surface area contributed by atoms with Crippen molar-refractivity contribution >= 4 is 39.6 Å². The van der Waals surface area contributed by atoms with Gasteiger partial charge in [0, 0.05) is 29.4 Å². The monoisotopic (exact) mass is 321 g/mol. The van der Waals surface area contributed by atoms with Crippen LogP contribution in [-0.2, 0) is 9.59 Å². The standard InChI is InChI=1S/C14H15N3O2S2/c1-8-7-15-14(21-8)16-13(19)9-6-11(18)17(2)12(9)10-4-3-5-20-10/h3-5,7,9,12H,6H2,1-2H3,(H,15,16,19)/t9-,12-/m0/s1. The Hall–Kier alpha value is -1.73. The van der Waals surface area contributed by atoms with Crippen LogP contribution in [0.25, 0.3) is 0 Å². The number of thiophene rings is 1. The van der Waals surface area contributed by atoms with Gasteiger partial charge in [0.05, 0.1) is 12.0 Å². The topological polar surface area (TPSA) is 62.3 Å². The molecule has 2 atom stereocenters. The van der Waals surface area contributed by atoms with E-state index < -0.39 is 0 Å². The van der Waals surface area contributed by atoms with Gasteiger partial charge in [0.25, 0.3) is 0 Å². The highest BCUT2D eigenvalue weighted by Gasteiger charge is 2.43. The first-order chi connectivity index (χ1) is 10.1. The average molecular weight is 321 g/mol. The van der Waals surface area contributed by atoms with Gasteiger partial charge in [-0.3, -0.25) is 9.59 Å². The first-order valence-electron chi connectivity index (χ1n) is 6.58. The van der Waals surface area contributed by atoms with Crippen molar-refractivity contribution in [2.75, 3.05) is 12.4 Å². The second-order valence-electron chi connectivity index (χ2n) is 5.04. The highest BCUT2D eigenvalue weighted by atomic mass is 32.1. The number of rotatable bonds is 3. The van der Waals surface area contributed by atoms with Crippen LogP contribution in [0.5, 0.6) is 0 Å². The molecule has 1 saturated heterocycles. The third kappa shape index (κ3) is 2.71. The Morgan fingerprint density at radius 3 is 2.95 bits per heavy atom. The van der Waals surface area contributed by atoms with Crippen LogP contribution in [0.2, 0.25) is 0 Å². The van der Waals surface area contributed by atoms with Crippen LogP contribution in [0.3, 0.4) is 0 Å². The van der Waals surface area contributed by atoms with Gasteiger partial charge in [-0.2, -0.15) is 0 Å². The largest absolute Gasteiger partial charge is 0.337 e. The molecule has 3 heterocycles. The Bertz CT molecular complexity index is 666. The first kappa shape index (κ1) is 14.2. The number of aryl methyl sites for hydroxylation is 1. The molecule has 0 radical (unpaired) electrons. The smallest absolute Gasteiger partial charge is 0.232 e. The van der Waals surface area contributed by atoms with Crippen molar-refractivity contribution in [3.63, 3.8) is 0 Å². The van der Waals surface area contributed by atoms with E-state index in [0.29, 0.717) is 5.13 Å². The minimum Gasteiger partial charge on any atom is -0.337 e. The van der Waals surface area contributed by atoms with Crippen LogP contribution in [0, 0.1) is 12.8 Å². The Morgan fingerprint density at radius 2 is 2.33 bits per heavy atom. The molecule has 110 valence electrons. The summed E-state index contributed by atoms with van der Waals surface area (Å²) in [6, 6.07) is 3.73. The molecule has 0 unspecified atom stereocenters. The molecule has 2 aromatic rings. The number of nitrogens with zero attached hydrogens (tertiary/aromatic N) is 2. The van der Waals surface area contributed by atoms with Crippen molar-refractivity contribution in [2.24, 2.45) is 5.92 Å². The summed E-state index contributed by atoms with van der Waals surface area (Å²) in [4.78, 5) is 32.4. The lowest BCUT2D eigenvalue weighted by Crippen LogP contribution is -2.29. The molecule has 2 amide bonds. The number of thiazole rings is 1. The Kier molecular flexibility index (Phi) is 3.77. The molecule has 0 spiro atoms. The fourth-order valence-electron chi connectivity index (χ4n) is 2.56. The van der Waals surface area contributed by atoms with E-state index >= 15 is 0 Å². The van der Waals surface area contributed by atoms with Gasteiger partial charge in [-0.1, -0.05) is 6.07 Å². The van der Waals surface area contributed by atoms with E-state index in [4.69, 9.17) is 0 Å². The summed E-state index contributed by atoms with van der Waals surface area (Å²) >= 11 is 3.01. The number of carbonyl (C=O) groups excluding carboxylic acids is 2. The van der Waals surface area contributed by atoms with Crippen LogP contribution < -0.4 is 5.32 Å². The number of likely N-dealkylation sites (tertiary alicyclic amines) is 1. The number of nitrogens with one attached hydrogen (secondary N) is 1. The van der Waals surface area contributed by atoms with Gasteiger partial charge >= 0.3 is 0 Å². The molecule has 21 heavy (non-hydrogen) atoms. The second-order valence-corrected chi connectivity index (χ2v) is 7.25. The molecular weight excluding hydrogens is 306 g/mol. The van der Waals surface area contributed by atoms with Crippen LogP contribution >= 0.6 is 22.7 Å². The van der Waals surface area contributed by atoms with E-state index in [9.17, 15) is 9.59 Å². The molecule has 1 N–H and O–H groups in total. The maximum atomic E-state index is 12.5. The van der Waals surface area contributed by atoms with E-state index in [2.05, 4.69) is 10.3 Å². The van der Waals surface area contributed by atoms with Crippen LogP contribution in [0.15, 0.2) is 23.7 Å². The van der Waals surface area contributed by atoms with Crippen LogP contribution in [0.1, 0.15) is 22.2 Å². The molecule has 0 bridgehead atoms. The predicted molar refractivity (Wildman–Crippen MR) is 83.4 cm³/mol. The number of hydrogen-bond acceptors (Lipinski definition) is 5. The lowest BCUT2D eigenvalue weighted by molar-refractivity contribution is -0.127. The van der Waals surface area contributed by atoms with Crippen molar-refractivity contribution in [1.82, 2.24) is 9.88 Å². The van der Waals surface area contributed by atoms with Crippen molar-refractivity contribution in [1.29, 1.82) is 0 Å². The summed E-state index contributed by atoms with van der Waals surface area (Å²) in [5, 5.41) is 5.38. The van der Waals surface area contributed by atoms with E-state index in [1.165, 1.54) is 11.3 Å². The molecule has 0 aromatic carbocycles. The van der Waals surface area contributed by atoms with Gasteiger partial charge in [-0.25, -0.2) is 4.98 Å². The Morgan fingerprint density at radius 1 is 1.52 bits per heavy atom. The second kappa shape index (κ2) is 5.57. The first-order valence-corrected chi connectivity index (χ1v) is 8.28. The molecular formula is C14H15N3O2S2. The number of anilines is 1. The zero-order valence-electron chi connectivity index (χ0n) is 11.7. The van der Waals surface area contributed by atoms with Crippen molar-refractivity contribution < 1.29 is 9.59 Å². The quantitative estimate of drug-likeness (QED) is 0.945. The summed E-state index contributed by atoms with van der Waals surface area (Å²) < 4.78 is 0. The van der Waals surface area contributed by atoms with Gasteiger partial charge in [0.15, 0.2) is 5.13 Å². The van der Waals surface area contributed by atoms with Gasteiger partial charge in [-0.05, 0) is 18.4 Å². The fraction of sp³-hybridized carbons (Fsp3) is 0.357. The Balaban J connectivity index is 1.82. The maximum Gasteiger partial charge on any atom is 0.232 e. The average Bonchev–Trinajstić information content (AvgIpc) is 3.14. The molecule has 2 aromatic heterocycles. The summed E-state index contributed by atoms with van der Waals surface area (Å²) in [5.41, 5.74) is 0. The van der Waals surface area contributed by atoms with Gasteiger partial charge < -0.3 is 10.2 Å².